The van der Waals surface area contributed by atoms with Crippen LogP contribution in [-0.4, -0.2) is 37.7 Å². The molecule has 0 saturated carbocycles. The highest BCUT2D eigenvalue weighted by molar-refractivity contribution is 5.27. The second-order valence-corrected chi connectivity index (χ2v) is 4.82. The van der Waals surface area contributed by atoms with E-state index in [2.05, 4.69) is 17.0 Å². The zero-order chi connectivity index (χ0) is 12.1. The third-order valence-corrected chi connectivity index (χ3v) is 3.35. The van der Waals surface area contributed by atoms with Gasteiger partial charge in [-0.2, -0.15) is 0 Å². The van der Waals surface area contributed by atoms with Gasteiger partial charge in [-0.3, -0.25) is 0 Å². The first-order valence-electron chi connectivity index (χ1n) is 6.39. The number of hydrogen-bond acceptors (Lipinski definition) is 3. The molecule has 0 aromatic heterocycles. The van der Waals surface area contributed by atoms with Gasteiger partial charge in [0.15, 0.2) is 0 Å². The lowest BCUT2D eigenvalue weighted by Gasteiger charge is -2.20. The van der Waals surface area contributed by atoms with Gasteiger partial charge >= 0.3 is 0 Å². The molecular formula is C14H22N2O. The van der Waals surface area contributed by atoms with Gasteiger partial charge in [-0.15, -0.1) is 0 Å². The second-order valence-electron chi connectivity index (χ2n) is 4.82. The summed E-state index contributed by atoms with van der Waals surface area (Å²) in [4.78, 5) is 2.47. The predicted octanol–water partition coefficient (Wildman–Crippen LogP) is 1.66. The van der Waals surface area contributed by atoms with Crippen LogP contribution in [0.5, 0.6) is 5.75 Å². The molecule has 1 unspecified atom stereocenters. The number of methoxy groups -OCH3 is 1. The molecule has 1 aliphatic rings. The number of ether oxygens (including phenoxy) is 1. The van der Waals surface area contributed by atoms with Crippen molar-refractivity contribution in [3.8, 4) is 5.75 Å². The quantitative estimate of drug-likeness (QED) is 0.842. The molecule has 1 saturated heterocycles. The molecule has 1 fully saturated rings. The smallest absolute Gasteiger partial charge is 0.118 e. The molecule has 2 N–H and O–H groups in total. The van der Waals surface area contributed by atoms with E-state index < -0.39 is 0 Å². The van der Waals surface area contributed by atoms with Gasteiger partial charge in [-0.25, -0.2) is 0 Å². The number of hydrogen-bond donors (Lipinski definition) is 1. The molecule has 1 aromatic rings. The molecule has 2 rings (SSSR count). The van der Waals surface area contributed by atoms with Crippen LogP contribution in [0.1, 0.15) is 18.4 Å². The van der Waals surface area contributed by atoms with Gasteiger partial charge < -0.3 is 15.4 Å². The Hall–Kier alpha value is -1.06. The molecule has 0 radical (unpaired) electrons. The molecule has 0 aliphatic carbocycles. The number of nitrogens with zero attached hydrogens (tertiary/aromatic N) is 1. The molecule has 0 amide bonds. The van der Waals surface area contributed by atoms with Crippen LogP contribution in [0, 0.1) is 0 Å². The van der Waals surface area contributed by atoms with Crippen molar-refractivity contribution in [2.24, 2.45) is 5.73 Å². The summed E-state index contributed by atoms with van der Waals surface area (Å²) in [5.41, 5.74) is 7.47. The Kier molecular flexibility index (Phi) is 4.40. The molecule has 1 heterocycles. The Morgan fingerprint density at radius 2 is 1.88 bits per heavy atom. The SMILES string of the molecule is COc1ccc(CC(N)CN2CCCC2)cc1. The van der Waals surface area contributed by atoms with Crippen LogP contribution >= 0.6 is 0 Å². The van der Waals surface area contributed by atoms with Crippen LogP contribution in [0.2, 0.25) is 0 Å². The molecule has 1 aromatic carbocycles. The van der Waals surface area contributed by atoms with Crippen molar-refractivity contribution in [3.05, 3.63) is 29.8 Å². The van der Waals surface area contributed by atoms with E-state index in [1.165, 1.54) is 31.5 Å². The first-order chi connectivity index (χ1) is 8.28. The van der Waals surface area contributed by atoms with Crippen LogP contribution in [0.25, 0.3) is 0 Å². The van der Waals surface area contributed by atoms with E-state index in [-0.39, 0.29) is 6.04 Å². The Bertz CT molecular complexity index is 331. The number of benzene rings is 1. The van der Waals surface area contributed by atoms with Crippen LogP contribution in [0.15, 0.2) is 24.3 Å². The first-order valence-corrected chi connectivity index (χ1v) is 6.39. The number of likely N-dealkylation sites (tertiary alicyclic amines) is 1. The van der Waals surface area contributed by atoms with E-state index in [9.17, 15) is 0 Å². The van der Waals surface area contributed by atoms with Gasteiger partial charge in [0.25, 0.3) is 0 Å². The van der Waals surface area contributed by atoms with E-state index >= 15 is 0 Å². The third-order valence-electron chi connectivity index (χ3n) is 3.35. The summed E-state index contributed by atoms with van der Waals surface area (Å²) in [6, 6.07) is 8.43. The Labute approximate surface area is 104 Å². The average Bonchev–Trinajstić information content (AvgIpc) is 2.82. The third kappa shape index (κ3) is 3.72. The summed E-state index contributed by atoms with van der Waals surface area (Å²) >= 11 is 0. The molecule has 3 heteroatoms. The predicted molar refractivity (Wildman–Crippen MR) is 70.3 cm³/mol. The summed E-state index contributed by atoms with van der Waals surface area (Å²) in [6.45, 7) is 3.46. The minimum absolute atomic E-state index is 0.237. The lowest BCUT2D eigenvalue weighted by Crippen LogP contribution is -2.37. The highest BCUT2D eigenvalue weighted by Crippen LogP contribution is 2.13. The number of nitrogens with two attached hydrogens (primary N) is 1. The van der Waals surface area contributed by atoms with Crippen molar-refractivity contribution in [3.63, 3.8) is 0 Å². The zero-order valence-electron chi connectivity index (χ0n) is 10.6. The van der Waals surface area contributed by atoms with Crippen molar-refractivity contribution in [2.45, 2.75) is 25.3 Å². The fourth-order valence-electron chi connectivity index (χ4n) is 2.43. The average molecular weight is 234 g/mol. The highest BCUT2D eigenvalue weighted by Gasteiger charge is 2.14. The summed E-state index contributed by atoms with van der Waals surface area (Å²) < 4.78 is 5.14. The van der Waals surface area contributed by atoms with Crippen LogP contribution in [0.3, 0.4) is 0 Å². The minimum atomic E-state index is 0.237. The van der Waals surface area contributed by atoms with E-state index in [1.807, 2.05) is 12.1 Å². The monoisotopic (exact) mass is 234 g/mol. The standard InChI is InChI=1S/C14H22N2O/c1-17-14-6-4-12(5-7-14)10-13(15)11-16-8-2-3-9-16/h4-7,13H,2-3,8-11,15H2,1H3. The maximum atomic E-state index is 6.18. The highest BCUT2D eigenvalue weighted by atomic mass is 16.5. The van der Waals surface area contributed by atoms with Crippen molar-refractivity contribution in [1.29, 1.82) is 0 Å². The van der Waals surface area contributed by atoms with Gasteiger partial charge in [0.05, 0.1) is 7.11 Å². The lowest BCUT2D eigenvalue weighted by molar-refractivity contribution is 0.313. The van der Waals surface area contributed by atoms with Gasteiger partial charge in [0, 0.05) is 12.6 Å². The molecular weight excluding hydrogens is 212 g/mol. The summed E-state index contributed by atoms with van der Waals surface area (Å²) in [7, 11) is 1.69. The molecule has 17 heavy (non-hydrogen) atoms. The zero-order valence-corrected chi connectivity index (χ0v) is 10.6. The largest absolute Gasteiger partial charge is 0.497 e. The first kappa shape index (κ1) is 12.4. The molecule has 1 atom stereocenters. The van der Waals surface area contributed by atoms with Crippen LogP contribution in [-0.2, 0) is 6.42 Å². The summed E-state index contributed by atoms with van der Waals surface area (Å²) in [5, 5.41) is 0. The van der Waals surface area contributed by atoms with E-state index in [0.717, 1.165) is 18.7 Å². The van der Waals surface area contributed by atoms with Crippen molar-refractivity contribution >= 4 is 0 Å². The fraction of sp³-hybridized carbons (Fsp3) is 0.571. The maximum absolute atomic E-state index is 6.18. The van der Waals surface area contributed by atoms with Gasteiger partial charge in [0.1, 0.15) is 5.75 Å². The molecule has 3 nitrogen and oxygen atoms in total. The van der Waals surface area contributed by atoms with Gasteiger partial charge in [-0.1, -0.05) is 12.1 Å². The van der Waals surface area contributed by atoms with Crippen molar-refractivity contribution < 1.29 is 4.74 Å². The lowest BCUT2D eigenvalue weighted by atomic mass is 10.1. The normalized spacial score (nSPS) is 18.2. The number of rotatable bonds is 5. The fourth-order valence-corrected chi connectivity index (χ4v) is 2.43. The minimum Gasteiger partial charge on any atom is -0.497 e. The molecule has 1 aliphatic heterocycles. The Morgan fingerprint density at radius 1 is 1.24 bits per heavy atom. The van der Waals surface area contributed by atoms with Crippen molar-refractivity contribution in [1.82, 2.24) is 4.90 Å². The van der Waals surface area contributed by atoms with E-state index in [0.29, 0.717) is 0 Å². The van der Waals surface area contributed by atoms with Gasteiger partial charge in [-0.05, 0) is 50.0 Å². The second kappa shape index (κ2) is 6.03. The summed E-state index contributed by atoms with van der Waals surface area (Å²) in [5.74, 6) is 0.905. The van der Waals surface area contributed by atoms with Crippen LogP contribution < -0.4 is 10.5 Å². The Balaban J connectivity index is 1.81. The topological polar surface area (TPSA) is 38.5 Å². The maximum Gasteiger partial charge on any atom is 0.118 e. The van der Waals surface area contributed by atoms with E-state index in [1.54, 1.807) is 7.11 Å². The molecule has 0 bridgehead atoms. The Morgan fingerprint density at radius 3 is 2.47 bits per heavy atom. The van der Waals surface area contributed by atoms with E-state index in [4.69, 9.17) is 10.5 Å². The van der Waals surface area contributed by atoms with Crippen molar-refractivity contribution in [2.75, 3.05) is 26.7 Å². The van der Waals surface area contributed by atoms with Gasteiger partial charge in [0.2, 0.25) is 0 Å². The molecule has 94 valence electrons. The molecule has 0 spiro atoms. The van der Waals surface area contributed by atoms with Crippen LogP contribution in [0.4, 0.5) is 0 Å². The summed E-state index contributed by atoms with van der Waals surface area (Å²) in [6.07, 6.45) is 3.60.